The van der Waals surface area contributed by atoms with Crippen molar-refractivity contribution < 1.29 is 9.84 Å². The molecule has 12 heavy (non-hydrogen) atoms. The zero-order chi connectivity index (χ0) is 8.13. The lowest BCUT2D eigenvalue weighted by molar-refractivity contribution is -0.149. The van der Waals surface area contributed by atoms with Crippen LogP contribution in [0.5, 0.6) is 0 Å². The first-order chi connectivity index (χ1) is 5.81. The number of ether oxygens (including phenoxy) is 1. The molecule has 1 N–H and O–H groups in total. The maximum atomic E-state index is 9.68. The molecule has 4 fully saturated rings. The molecular weight excluding hydrogens is 152 g/mol. The molecule has 0 radical (unpaired) electrons. The summed E-state index contributed by atoms with van der Waals surface area (Å²) >= 11 is 0. The zero-order valence-electron chi connectivity index (χ0n) is 7.28. The lowest BCUT2D eigenvalue weighted by Gasteiger charge is -2.36. The Kier molecular flexibility index (Phi) is 1.50. The van der Waals surface area contributed by atoms with E-state index in [0.717, 1.165) is 11.8 Å². The summed E-state index contributed by atoms with van der Waals surface area (Å²) in [5, 5.41) is 9.68. The van der Waals surface area contributed by atoms with Crippen molar-refractivity contribution in [2.45, 2.75) is 44.5 Å². The van der Waals surface area contributed by atoms with Crippen molar-refractivity contribution in [2.75, 3.05) is 0 Å². The maximum Gasteiger partial charge on any atom is 0.157 e. The van der Waals surface area contributed by atoms with E-state index in [2.05, 4.69) is 0 Å². The van der Waals surface area contributed by atoms with Gasteiger partial charge in [-0.1, -0.05) is 0 Å². The van der Waals surface area contributed by atoms with E-state index in [1.807, 2.05) is 0 Å². The molecule has 3 unspecified atom stereocenters. The second kappa shape index (κ2) is 2.46. The number of rotatable bonds is 0. The summed E-state index contributed by atoms with van der Waals surface area (Å²) in [6, 6.07) is 0. The van der Waals surface area contributed by atoms with Gasteiger partial charge in [0.1, 0.15) is 0 Å². The normalized spacial score (nSPS) is 57.2. The van der Waals surface area contributed by atoms with Gasteiger partial charge < -0.3 is 9.84 Å². The van der Waals surface area contributed by atoms with Crippen LogP contribution in [0, 0.1) is 17.8 Å². The molecule has 0 aromatic heterocycles. The van der Waals surface area contributed by atoms with E-state index in [1.54, 1.807) is 0 Å². The monoisotopic (exact) mass is 168 g/mol. The summed E-state index contributed by atoms with van der Waals surface area (Å²) in [5.74, 6) is 2.19. The van der Waals surface area contributed by atoms with Crippen LogP contribution in [0.2, 0.25) is 0 Å². The number of hydrogen-bond acceptors (Lipinski definition) is 2. The van der Waals surface area contributed by atoms with Gasteiger partial charge in [0, 0.05) is 5.92 Å². The molecule has 2 saturated heterocycles. The first-order valence-corrected chi connectivity index (χ1v) is 5.15. The summed E-state index contributed by atoms with van der Waals surface area (Å²) in [6.07, 6.45) is 6.21. The highest BCUT2D eigenvalue weighted by atomic mass is 16.6. The van der Waals surface area contributed by atoms with Gasteiger partial charge in [-0.05, 0) is 43.9 Å². The van der Waals surface area contributed by atoms with Gasteiger partial charge in [0.2, 0.25) is 0 Å². The van der Waals surface area contributed by atoms with Crippen LogP contribution in [-0.2, 0) is 4.74 Å². The Labute approximate surface area is 72.9 Å². The van der Waals surface area contributed by atoms with Gasteiger partial charge >= 0.3 is 0 Å². The van der Waals surface area contributed by atoms with Gasteiger partial charge in [-0.3, -0.25) is 0 Å². The number of aliphatic hydroxyl groups excluding tert-OH is 1. The summed E-state index contributed by atoms with van der Waals surface area (Å²) in [5.41, 5.74) is 0. The predicted octanol–water partition coefficient (Wildman–Crippen LogP) is 1.53. The molecule has 2 heteroatoms. The van der Waals surface area contributed by atoms with Crippen LogP contribution in [0.1, 0.15) is 32.1 Å². The zero-order valence-corrected chi connectivity index (χ0v) is 7.28. The van der Waals surface area contributed by atoms with E-state index in [4.69, 9.17) is 4.74 Å². The second-order valence-corrected chi connectivity index (χ2v) is 4.82. The van der Waals surface area contributed by atoms with E-state index >= 15 is 0 Å². The van der Waals surface area contributed by atoms with Gasteiger partial charge in [0.25, 0.3) is 0 Å². The largest absolute Gasteiger partial charge is 0.368 e. The van der Waals surface area contributed by atoms with Crippen molar-refractivity contribution in [3.05, 3.63) is 0 Å². The number of aliphatic hydroxyl groups is 1. The van der Waals surface area contributed by atoms with Gasteiger partial charge in [-0.2, -0.15) is 0 Å². The Hall–Kier alpha value is -0.0800. The number of fused-ring (bicyclic) bond motifs is 1. The lowest BCUT2D eigenvalue weighted by atomic mass is 9.68. The maximum absolute atomic E-state index is 9.68. The Morgan fingerprint density at radius 2 is 1.58 bits per heavy atom. The van der Waals surface area contributed by atoms with Gasteiger partial charge in [0.05, 0.1) is 6.10 Å². The molecule has 4 bridgehead atoms. The average molecular weight is 168 g/mol. The third-order valence-electron chi connectivity index (χ3n) is 3.87. The SMILES string of the molecule is OC1OC2C[C@@H]3CC1C[C@H](C2)C3. The molecule has 2 saturated carbocycles. The Morgan fingerprint density at radius 1 is 0.917 bits per heavy atom. The van der Waals surface area contributed by atoms with Crippen LogP contribution in [0.4, 0.5) is 0 Å². The minimum Gasteiger partial charge on any atom is -0.368 e. The van der Waals surface area contributed by atoms with E-state index in [1.165, 1.54) is 32.1 Å². The molecule has 2 nitrogen and oxygen atoms in total. The summed E-state index contributed by atoms with van der Waals surface area (Å²) in [6.45, 7) is 0. The van der Waals surface area contributed by atoms with Gasteiger partial charge in [-0.25, -0.2) is 0 Å². The minimum atomic E-state index is -0.440. The van der Waals surface area contributed by atoms with Crippen molar-refractivity contribution in [1.82, 2.24) is 0 Å². The quantitative estimate of drug-likeness (QED) is 0.594. The van der Waals surface area contributed by atoms with Gasteiger partial charge in [-0.15, -0.1) is 0 Å². The first kappa shape index (κ1) is 7.34. The highest BCUT2D eigenvalue weighted by Gasteiger charge is 2.43. The molecule has 2 aliphatic heterocycles. The molecule has 0 amide bonds. The van der Waals surface area contributed by atoms with Crippen LogP contribution in [0.3, 0.4) is 0 Å². The highest BCUT2D eigenvalue weighted by molar-refractivity contribution is 4.91. The molecule has 0 spiro atoms. The van der Waals surface area contributed by atoms with Crippen LogP contribution in [0.25, 0.3) is 0 Å². The van der Waals surface area contributed by atoms with Crippen LogP contribution in [-0.4, -0.2) is 17.5 Å². The van der Waals surface area contributed by atoms with Gasteiger partial charge in [0.15, 0.2) is 6.29 Å². The molecular formula is C10H16O2. The van der Waals surface area contributed by atoms with Crippen molar-refractivity contribution in [2.24, 2.45) is 17.8 Å². The highest BCUT2D eigenvalue weighted by Crippen LogP contribution is 2.48. The van der Waals surface area contributed by atoms with E-state index < -0.39 is 6.29 Å². The standard InChI is InChI=1S/C10H16O2/c11-10-8-2-6-1-7(3-8)5-9(4-6)12-10/h6-11H,1-5H2/t6-,7+,8?,9?,10?. The summed E-state index contributed by atoms with van der Waals surface area (Å²) in [4.78, 5) is 0. The fourth-order valence-corrected chi connectivity index (χ4v) is 3.49. The lowest BCUT2D eigenvalue weighted by Crippen LogP contribution is -2.30. The summed E-state index contributed by atoms with van der Waals surface area (Å²) in [7, 11) is 0. The molecule has 2 aliphatic carbocycles. The fraction of sp³-hybridized carbons (Fsp3) is 1.00. The van der Waals surface area contributed by atoms with Crippen LogP contribution >= 0.6 is 0 Å². The Bertz CT molecular complexity index is 178. The molecule has 0 aromatic rings. The van der Waals surface area contributed by atoms with Crippen molar-refractivity contribution in [3.8, 4) is 0 Å². The minimum absolute atomic E-state index is 0.385. The van der Waals surface area contributed by atoms with E-state index in [9.17, 15) is 5.11 Å². The van der Waals surface area contributed by atoms with Crippen molar-refractivity contribution in [3.63, 3.8) is 0 Å². The average Bonchev–Trinajstić information content (AvgIpc) is 2.16. The smallest absolute Gasteiger partial charge is 0.157 e. The van der Waals surface area contributed by atoms with E-state index in [0.29, 0.717) is 12.0 Å². The Balaban J connectivity index is 1.91. The van der Waals surface area contributed by atoms with E-state index in [-0.39, 0.29) is 0 Å². The van der Waals surface area contributed by atoms with Crippen LogP contribution < -0.4 is 0 Å². The molecule has 4 rings (SSSR count). The third kappa shape index (κ3) is 1.01. The molecule has 68 valence electrons. The number of hydrogen-bond donors (Lipinski definition) is 1. The molecule has 5 atom stereocenters. The summed E-state index contributed by atoms with van der Waals surface area (Å²) < 4.78 is 5.59. The molecule has 2 heterocycles. The fourth-order valence-electron chi connectivity index (χ4n) is 3.49. The second-order valence-electron chi connectivity index (χ2n) is 4.82. The first-order valence-electron chi connectivity index (χ1n) is 5.15. The van der Waals surface area contributed by atoms with Crippen molar-refractivity contribution in [1.29, 1.82) is 0 Å². The predicted molar refractivity (Wildman–Crippen MR) is 44.4 cm³/mol. The van der Waals surface area contributed by atoms with Crippen LogP contribution in [0.15, 0.2) is 0 Å². The third-order valence-corrected chi connectivity index (χ3v) is 3.87. The topological polar surface area (TPSA) is 29.5 Å². The van der Waals surface area contributed by atoms with Crippen molar-refractivity contribution >= 4 is 0 Å². The molecule has 0 aromatic carbocycles. The molecule has 4 aliphatic rings. The Morgan fingerprint density at radius 3 is 2.25 bits per heavy atom.